The largest absolute Gasteiger partial charge is 0.481 e. The van der Waals surface area contributed by atoms with Crippen molar-refractivity contribution >= 4 is 11.9 Å². The van der Waals surface area contributed by atoms with Crippen molar-refractivity contribution in [1.82, 2.24) is 0 Å². The van der Waals surface area contributed by atoms with E-state index in [2.05, 4.69) is 26.0 Å². The molecule has 0 aliphatic rings. The normalized spacial score (nSPS) is 12.2. The van der Waals surface area contributed by atoms with Crippen molar-refractivity contribution in [1.29, 1.82) is 0 Å². The van der Waals surface area contributed by atoms with E-state index in [0.717, 1.165) is 38.5 Å². The number of carboxylic acid groups (broad SMARTS) is 1. The molecule has 44 heavy (non-hydrogen) atoms. The Morgan fingerprint density at radius 1 is 0.500 bits per heavy atom. The third-order valence-electron chi connectivity index (χ3n) is 9.06. The molecule has 0 aliphatic carbocycles. The Morgan fingerprint density at radius 2 is 0.864 bits per heavy atom. The fourth-order valence-electron chi connectivity index (χ4n) is 6.05. The standard InChI is InChI=1S/C40H76O4/c1-3-5-6-7-8-9-10-11-12-13-14-19-22-25-28-31-34-37-40(43)44-38(4-2)35-32-29-26-23-20-17-15-16-18-21-24-27-30-33-36-39(41)42/h11-12,38H,3-10,13-37H2,1-2H3,(H,41,42)/b12-11-. The molecule has 0 aromatic rings. The van der Waals surface area contributed by atoms with Crippen molar-refractivity contribution in [2.75, 3.05) is 0 Å². The topological polar surface area (TPSA) is 63.6 Å². The molecule has 0 heterocycles. The van der Waals surface area contributed by atoms with E-state index in [1.165, 1.54) is 161 Å². The van der Waals surface area contributed by atoms with E-state index < -0.39 is 5.97 Å². The van der Waals surface area contributed by atoms with Gasteiger partial charge in [-0.25, -0.2) is 0 Å². The van der Waals surface area contributed by atoms with Gasteiger partial charge in [-0.05, 0) is 57.8 Å². The Balaban J connectivity index is 3.42. The molecule has 0 radical (unpaired) electrons. The number of allylic oxidation sites excluding steroid dienone is 2. The van der Waals surface area contributed by atoms with Crippen molar-refractivity contribution in [2.24, 2.45) is 0 Å². The number of esters is 1. The van der Waals surface area contributed by atoms with Gasteiger partial charge in [0.05, 0.1) is 0 Å². The number of carbonyl (C=O) groups excluding carboxylic acids is 1. The molecule has 0 spiro atoms. The van der Waals surface area contributed by atoms with E-state index >= 15 is 0 Å². The van der Waals surface area contributed by atoms with Crippen LogP contribution in [0.25, 0.3) is 0 Å². The first-order chi connectivity index (χ1) is 21.6. The summed E-state index contributed by atoms with van der Waals surface area (Å²) in [6.45, 7) is 4.42. The van der Waals surface area contributed by atoms with Crippen LogP contribution in [0.3, 0.4) is 0 Å². The van der Waals surface area contributed by atoms with Gasteiger partial charge in [-0.15, -0.1) is 0 Å². The summed E-state index contributed by atoms with van der Waals surface area (Å²) in [6, 6.07) is 0. The Bertz CT molecular complexity index is 629. The Hall–Kier alpha value is -1.32. The summed E-state index contributed by atoms with van der Waals surface area (Å²) in [5, 5.41) is 8.65. The van der Waals surface area contributed by atoms with Crippen molar-refractivity contribution in [2.45, 2.75) is 232 Å². The van der Waals surface area contributed by atoms with Gasteiger partial charge >= 0.3 is 11.9 Å². The van der Waals surface area contributed by atoms with Gasteiger partial charge in [0, 0.05) is 12.8 Å². The van der Waals surface area contributed by atoms with Gasteiger partial charge in [-0.1, -0.05) is 167 Å². The highest BCUT2D eigenvalue weighted by Gasteiger charge is 2.12. The minimum Gasteiger partial charge on any atom is -0.481 e. The number of hydrogen-bond donors (Lipinski definition) is 1. The summed E-state index contributed by atoms with van der Waals surface area (Å²) in [5.74, 6) is -0.650. The maximum atomic E-state index is 12.3. The number of ether oxygens (including phenoxy) is 1. The molecule has 0 bridgehead atoms. The lowest BCUT2D eigenvalue weighted by atomic mass is 10.0. The minimum absolute atomic E-state index is 0.0165. The van der Waals surface area contributed by atoms with E-state index in [0.29, 0.717) is 12.8 Å². The average Bonchev–Trinajstić information content (AvgIpc) is 3.01. The molecule has 0 amide bonds. The quantitative estimate of drug-likeness (QED) is 0.0430. The Labute approximate surface area is 275 Å². The molecule has 260 valence electrons. The van der Waals surface area contributed by atoms with Crippen LogP contribution in [-0.4, -0.2) is 23.1 Å². The van der Waals surface area contributed by atoms with Gasteiger partial charge in [0.15, 0.2) is 0 Å². The molecule has 0 saturated carbocycles. The maximum absolute atomic E-state index is 12.3. The highest BCUT2D eigenvalue weighted by molar-refractivity contribution is 5.69. The van der Waals surface area contributed by atoms with Crippen LogP contribution in [-0.2, 0) is 14.3 Å². The van der Waals surface area contributed by atoms with Crippen LogP contribution in [0, 0.1) is 0 Å². The first-order valence-electron chi connectivity index (χ1n) is 19.7. The van der Waals surface area contributed by atoms with E-state index in [9.17, 15) is 9.59 Å². The van der Waals surface area contributed by atoms with Gasteiger partial charge < -0.3 is 9.84 Å². The summed E-state index contributed by atoms with van der Waals surface area (Å²) in [5.41, 5.74) is 0. The third kappa shape index (κ3) is 35.2. The van der Waals surface area contributed by atoms with Gasteiger partial charge in [-0.2, -0.15) is 0 Å². The first kappa shape index (κ1) is 42.7. The monoisotopic (exact) mass is 621 g/mol. The first-order valence-corrected chi connectivity index (χ1v) is 19.7. The molecular formula is C40H76O4. The van der Waals surface area contributed by atoms with Gasteiger partial charge in [-0.3, -0.25) is 9.59 Å². The van der Waals surface area contributed by atoms with E-state index in [-0.39, 0.29) is 12.1 Å². The summed E-state index contributed by atoms with van der Waals surface area (Å²) >= 11 is 0. The number of unbranched alkanes of at least 4 members (excludes halogenated alkanes) is 26. The molecular weight excluding hydrogens is 544 g/mol. The number of carbonyl (C=O) groups is 2. The van der Waals surface area contributed by atoms with Gasteiger partial charge in [0.25, 0.3) is 0 Å². The van der Waals surface area contributed by atoms with Crippen LogP contribution >= 0.6 is 0 Å². The zero-order valence-electron chi connectivity index (χ0n) is 29.7. The molecule has 4 nitrogen and oxygen atoms in total. The second-order valence-electron chi connectivity index (χ2n) is 13.4. The number of carboxylic acids is 1. The van der Waals surface area contributed by atoms with Crippen LogP contribution in [0.5, 0.6) is 0 Å². The molecule has 0 fully saturated rings. The lowest BCUT2D eigenvalue weighted by Crippen LogP contribution is -2.17. The van der Waals surface area contributed by atoms with Crippen LogP contribution in [0.15, 0.2) is 12.2 Å². The van der Waals surface area contributed by atoms with Crippen molar-refractivity contribution in [3.05, 3.63) is 12.2 Å². The second kappa shape index (κ2) is 36.2. The minimum atomic E-state index is -0.666. The van der Waals surface area contributed by atoms with Crippen molar-refractivity contribution < 1.29 is 19.4 Å². The molecule has 0 aromatic carbocycles. The van der Waals surface area contributed by atoms with Gasteiger partial charge in [0.1, 0.15) is 6.10 Å². The summed E-state index contributed by atoms with van der Waals surface area (Å²) in [6.07, 6.45) is 44.7. The fraction of sp³-hybridized carbons (Fsp3) is 0.900. The maximum Gasteiger partial charge on any atom is 0.306 e. The summed E-state index contributed by atoms with van der Waals surface area (Å²) in [4.78, 5) is 22.8. The second-order valence-corrected chi connectivity index (χ2v) is 13.4. The Kier molecular flexibility index (Phi) is 35.1. The van der Waals surface area contributed by atoms with Gasteiger partial charge in [0.2, 0.25) is 0 Å². The Morgan fingerprint density at radius 3 is 1.27 bits per heavy atom. The highest BCUT2D eigenvalue weighted by atomic mass is 16.5. The summed E-state index contributed by atoms with van der Waals surface area (Å²) < 4.78 is 5.79. The molecule has 1 atom stereocenters. The third-order valence-corrected chi connectivity index (χ3v) is 9.06. The molecule has 1 N–H and O–H groups in total. The molecule has 4 heteroatoms. The van der Waals surface area contributed by atoms with E-state index in [1.54, 1.807) is 0 Å². The SMILES string of the molecule is CCCCCCCC/C=C\CCCCCCCCCC(=O)OC(CC)CCCCCCCCCCCCCCCCC(=O)O. The van der Waals surface area contributed by atoms with Crippen LogP contribution in [0.1, 0.15) is 226 Å². The number of rotatable bonds is 36. The predicted molar refractivity (Wildman–Crippen MR) is 190 cm³/mol. The fourth-order valence-corrected chi connectivity index (χ4v) is 6.05. The predicted octanol–water partition coefficient (Wildman–Crippen LogP) is 13.5. The molecule has 0 saturated heterocycles. The average molecular weight is 621 g/mol. The molecule has 0 aromatic heterocycles. The van der Waals surface area contributed by atoms with E-state index in [4.69, 9.17) is 9.84 Å². The highest BCUT2D eigenvalue weighted by Crippen LogP contribution is 2.17. The molecule has 0 rings (SSSR count). The van der Waals surface area contributed by atoms with Crippen LogP contribution in [0.4, 0.5) is 0 Å². The molecule has 0 aliphatic heterocycles. The number of aliphatic carboxylic acids is 1. The summed E-state index contributed by atoms with van der Waals surface area (Å²) in [7, 11) is 0. The van der Waals surface area contributed by atoms with Crippen LogP contribution < -0.4 is 0 Å². The van der Waals surface area contributed by atoms with Crippen molar-refractivity contribution in [3.8, 4) is 0 Å². The smallest absolute Gasteiger partial charge is 0.306 e. The van der Waals surface area contributed by atoms with Crippen molar-refractivity contribution in [3.63, 3.8) is 0 Å². The zero-order chi connectivity index (χ0) is 32.2. The lowest BCUT2D eigenvalue weighted by Gasteiger charge is -2.16. The lowest BCUT2D eigenvalue weighted by molar-refractivity contribution is -0.149. The van der Waals surface area contributed by atoms with Crippen LogP contribution in [0.2, 0.25) is 0 Å². The zero-order valence-corrected chi connectivity index (χ0v) is 29.7. The van der Waals surface area contributed by atoms with E-state index in [1.807, 2.05) is 0 Å². The number of hydrogen-bond acceptors (Lipinski definition) is 3. The molecule has 1 unspecified atom stereocenters.